The van der Waals surface area contributed by atoms with E-state index in [1.807, 2.05) is 0 Å². The Morgan fingerprint density at radius 1 is 1.11 bits per heavy atom. The maximum absolute atomic E-state index is 13.9. The second kappa shape index (κ2) is 8.61. The maximum Gasteiger partial charge on any atom is 0.263 e. The highest BCUT2D eigenvalue weighted by molar-refractivity contribution is 6.33. The minimum atomic E-state index is -0.448. The standard InChI is InChI=1S/C18H13Cl3FN3O2/c19-11-4-6-12(7-5-11)27-10-17(26)23-18-15(21)9-25(24-18)8-13-14(20)2-1-3-16(13)22/h1-7,9H,8,10H2,(H,23,24,26). The number of ether oxygens (including phenoxy) is 1. The molecule has 0 aliphatic heterocycles. The van der Waals surface area contributed by atoms with Gasteiger partial charge in [-0.2, -0.15) is 5.10 Å². The Bertz CT molecular complexity index is 941. The molecule has 0 spiro atoms. The van der Waals surface area contributed by atoms with Gasteiger partial charge < -0.3 is 10.1 Å². The Kier molecular flexibility index (Phi) is 6.21. The van der Waals surface area contributed by atoms with E-state index < -0.39 is 11.7 Å². The van der Waals surface area contributed by atoms with Crippen molar-refractivity contribution in [1.82, 2.24) is 9.78 Å². The summed E-state index contributed by atoms with van der Waals surface area (Å²) in [6.45, 7) is -0.160. The van der Waals surface area contributed by atoms with E-state index in [4.69, 9.17) is 39.5 Å². The number of nitrogens with zero attached hydrogens (tertiary/aromatic N) is 2. The number of aromatic nitrogens is 2. The van der Waals surface area contributed by atoms with E-state index in [0.717, 1.165) is 0 Å². The molecule has 0 atom stereocenters. The molecular weight excluding hydrogens is 416 g/mol. The van der Waals surface area contributed by atoms with Crippen LogP contribution in [-0.2, 0) is 11.3 Å². The second-order valence-electron chi connectivity index (χ2n) is 5.51. The van der Waals surface area contributed by atoms with Gasteiger partial charge in [-0.25, -0.2) is 4.39 Å². The number of rotatable bonds is 6. The number of carbonyl (C=O) groups is 1. The molecule has 0 saturated carbocycles. The molecule has 1 heterocycles. The smallest absolute Gasteiger partial charge is 0.263 e. The molecule has 0 aliphatic carbocycles. The zero-order valence-electron chi connectivity index (χ0n) is 13.8. The summed E-state index contributed by atoms with van der Waals surface area (Å²) in [4.78, 5) is 12.0. The number of anilines is 1. The number of amides is 1. The highest BCUT2D eigenvalue weighted by atomic mass is 35.5. The molecule has 1 aromatic heterocycles. The summed E-state index contributed by atoms with van der Waals surface area (Å²) in [5, 5.41) is 7.76. The molecule has 3 aromatic rings. The van der Waals surface area contributed by atoms with E-state index in [0.29, 0.717) is 10.8 Å². The minimum Gasteiger partial charge on any atom is -0.484 e. The molecule has 2 aromatic carbocycles. The van der Waals surface area contributed by atoms with Gasteiger partial charge in [-0.15, -0.1) is 0 Å². The molecular formula is C18H13Cl3FN3O2. The monoisotopic (exact) mass is 427 g/mol. The van der Waals surface area contributed by atoms with Crippen LogP contribution in [0.4, 0.5) is 10.2 Å². The van der Waals surface area contributed by atoms with Gasteiger partial charge in [0.1, 0.15) is 16.6 Å². The fourth-order valence-electron chi connectivity index (χ4n) is 2.26. The summed E-state index contributed by atoms with van der Waals surface area (Å²) in [6, 6.07) is 11.0. The van der Waals surface area contributed by atoms with Gasteiger partial charge in [0.05, 0.1) is 6.54 Å². The lowest BCUT2D eigenvalue weighted by Gasteiger charge is -2.07. The van der Waals surface area contributed by atoms with Crippen molar-refractivity contribution in [3.63, 3.8) is 0 Å². The normalized spacial score (nSPS) is 10.7. The summed E-state index contributed by atoms with van der Waals surface area (Å²) in [5.41, 5.74) is 0.280. The van der Waals surface area contributed by atoms with Crippen molar-refractivity contribution in [3.05, 3.63) is 75.1 Å². The van der Waals surface area contributed by atoms with Gasteiger partial charge in [-0.1, -0.05) is 40.9 Å². The van der Waals surface area contributed by atoms with E-state index in [1.54, 1.807) is 30.3 Å². The minimum absolute atomic E-state index is 0.0718. The van der Waals surface area contributed by atoms with Crippen molar-refractivity contribution in [2.45, 2.75) is 6.54 Å². The first-order valence-electron chi connectivity index (χ1n) is 7.76. The van der Waals surface area contributed by atoms with Crippen molar-refractivity contribution in [1.29, 1.82) is 0 Å². The summed E-state index contributed by atoms with van der Waals surface area (Å²) in [6.07, 6.45) is 1.47. The van der Waals surface area contributed by atoms with Gasteiger partial charge in [-0.05, 0) is 36.4 Å². The first-order valence-corrected chi connectivity index (χ1v) is 8.90. The van der Waals surface area contributed by atoms with E-state index in [-0.39, 0.29) is 34.6 Å². The number of carbonyl (C=O) groups excluding carboxylic acids is 1. The zero-order chi connectivity index (χ0) is 19.4. The van der Waals surface area contributed by atoms with Crippen LogP contribution in [0.3, 0.4) is 0 Å². The van der Waals surface area contributed by atoms with Crippen LogP contribution in [0.25, 0.3) is 0 Å². The third-order valence-electron chi connectivity index (χ3n) is 3.54. The van der Waals surface area contributed by atoms with Crippen molar-refractivity contribution in [2.24, 2.45) is 0 Å². The molecule has 0 saturated heterocycles. The summed E-state index contributed by atoms with van der Waals surface area (Å²) in [5.74, 6) is -0.244. The Morgan fingerprint density at radius 2 is 1.85 bits per heavy atom. The predicted octanol–water partition coefficient (Wildman–Crippen LogP) is 5.05. The van der Waals surface area contributed by atoms with Crippen LogP contribution >= 0.6 is 34.8 Å². The number of hydrogen-bond donors (Lipinski definition) is 1. The van der Waals surface area contributed by atoms with Gasteiger partial charge >= 0.3 is 0 Å². The molecule has 9 heteroatoms. The third kappa shape index (κ3) is 5.13. The fraction of sp³-hybridized carbons (Fsp3) is 0.111. The van der Waals surface area contributed by atoms with Gasteiger partial charge in [-0.3, -0.25) is 9.48 Å². The lowest BCUT2D eigenvalue weighted by atomic mass is 10.2. The predicted molar refractivity (Wildman–Crippen MR) is 103 cm³/mol. The van der Waals surface area contributed by atoms with Gasteiger partial charge in [0.2, 0.25) is 0 Å². The Hall–Kier alpha value is -2.28. The molecule has 5 nitrogen and oxygen atoms in total. The van der Waals surface area contributed by atoms with Crippen LogP contribution in [0.15, 0.2) is 48.7 Å². The van der Waals surface area contributed by atoms with Crippen LogP contribution < -0.4 is 10.1 Å². The molecule has 1 amide bonds. The molecule has 0 radical (unpaired) electrons. The lowest BCUT2D eigenvalue weighted by molar-refractivity contribution is -0.118. The van der Waals surface area contributed by atoms with Gasteiger partial charge in [0.25, 0.3) is 5.91 Å². The summed E-state index contributed by atoms with van der Waals surface area (Å²) < 4.78 is 20.6. The maximum atomic E-state index is 13.9. The van der Waals surface area contributed by atoms with E-state index in [2.05, 4.69) is 10.4 Å². The largest absolute Gasteiger partial charge is 0.484 e. The van der Waals surface area contributed by atoms with Crippen LogP contribution in [0.1, 0.15) is 5.56 Å². The van der Waals surface area contributed by atoms with Crippen molar-refractivity contribution >= 4 is 46.5 Å². The van der Waals surface area contributed by atoms with Crippen molar-refractivity contribution in [2.75, 3.05) is 11.9 Å². The topological polar surface area (TPSA) is 56.1 Å². The lowest BCUT2D eigenvalue weighted by Crippen LogP contribution is -2.20. The molecule has 1 N–H and O–H groups in total. The zero-order valence-corrected chi connectivity index (χ0v) is 16.0. The SMILES string of the molecule is O=C(COc1ccc(Cl)cc1)Nc1nn(Cc2c(F)cccc2Cl)cc1Cl. The summed E-state index contributed by atoms with van der Waals surface area (Å²) in [7, 11) is 0. The van der Waals surface area contributed by atoms with Gasteiger partial charge in [0.15, 0.2) is 12.4 Å². The van der Waals surface area contributed by atoms with Crippen LogP contribution in [-0.4, -0.2) is 22.3 Å². The molecule has 0 unspecified atom stereocenters. The number of benzene rings is 2. The molecule has 0 fully saturated rings. The quantitative estimate of drug-likeness (QED) is 0.598. The number of halogens is 4. The summed E-state index contributed by atoms with van der Waals surface area (Å²) >= 11 is 17.9. The Balaban J connectivity index is 1.62. The number of nitrogens with one attached hydrogen (secondary N) is 1. The Morgan fingerprint density at radius 3 is 2.56 bits per heavy atom. The molecule has 0 bridgehead atoms. The average Bonchev–Trinajstić information content (AvgIpc) is 2.97. The molecule has 0 aliphatic rings. The van der Waals surface area contributed by atoms with Crippen molar-refractivity contribution < 1.29 is 13.9 Å². The number of hydrogen-bond acceptors (Lipinski definition) is 3. The van der Waals surface area contributed by atoms with Crippen LogP contribution in [0.2, 0.25) is 15.1 Å². The molecule has 27 heavy (non-hydrogen) atoms. The van der Waals surface area contributed by atoms with E-state index in [1.165, 1.54) is 23.0 Å². The van der Waals surface area contributed by atoms with Crippen LogP contribution in [0, 0.1) is 5.82 Å². The Labute approximate surface area is 169 Å². The highest BCUT2D eigenvalue weighted by Gasteiger charge is 2.14. The first-order chi connectivity index (χ1) is 12.9. The first kappa shape index (κ1) is 19.5. The van der Waals surface area contributed by atoms with Gasteiger partial charge in [0, 0.05) is 21.8 Å². The average molecular weight is 429 g/mol. The second-order valence-corrected chi connectivity index (χ2v) is 6.77. The van der Waals surface area contributed by atoms with E-state index >= 15 is 0 Å². The third-order valence-corrected chi connectivity index (χ3v) is 4.42. The molecule has 3 rings (SSSR count). The van der Waals surface area contributed by atoms with Crippen LogP contribution in [0.5, 0.6) is 5.75 Å². The molecule has 140 valence electrons. The highest BCUT2D eigenvalue weighted by Crippen LogP contribution is 2.24. The van der Waals surface area contributed by atoms with E-state index in [9.17, 15) is 9.18 Å². The van der Waals surface area contributed by atoms with Crippen molar-refractivity contribution in [3.8, 4) is 5.75 Å². The fourth-order valence-corrected chi connectivity index (χ4v) is 2.80.